The Balaban J connectivity index is 2.30. The van der Waals surface area contributed by atoms with Gasteiger partial charge in [0.1, 0.15) is 0 Å². The molecule has 1 saturated heterocycles. The van der Waals surface area contributed by atoms with Gasteiger partial charge in [0.15, 0.2) is 0 Å². The third-order valence-corrected chi connectivity index (χ3v) is 4.43. The van der Waals surface area contributed by atoms with Crippen LogP contribution in [-0.4, -0.2) is 60.9 Å². The second-order valence-corrected chi connectivity index (χ2v) is 5.63. The fourth-order valence-corrected chi connectivity index (χ4v) is 3.00. The summed E-state index contributed by atoms with van der Waals surface area (Å²) in [6.07, 6.45) is 2.25. The van der Waals surface area contributed by atoms with E-state index in [0.29, 0.717) is 17.5 Å². The number of thioether (sulfide) groups is 1. The Morgan fingerprint density at radius 1 is 1.39 bits per heavy atom. The first-order chi connectivity index (χ1) is 8.67. The number of hydrogen-bond acceptors (Lipinski definition) is 4. The van der Waals surface area contributed by atoms with E-state index in [9.17, 15) is 9.59 Å². The van der Waals surface area contributed by atoms with Gasteiger partial charge >= 0.3 is 0 Å². The molecule has 0 spiro atoms. The molecule has 5 nitrogen and oxygen atoms in total. The van der Waals surface area contributed by atoms with Crippen molar-refractivity contribution in [1.29, 1.82) is 0 Å². The summed E-state index contributed by atoms with van der Waals surface area (Å²) in [7, 11) is 1.59. The minimum atomic E-state index is -0.114. The fraction of sp³-hybridized carbons (Fsp3) is 0.833. The Morgan fingerprint density at radius 2 is 2.06 bits per heavy atom. The SMILES string of the molecule is CCN(CC(=O)NC)C(=O)CSC1CCNCC1. The number of carbonyl (C=O) groups excluding carboxylic acids is 2. The highest BCUT2D eigenvalue weighted by atomic mass is 32.2. The van der Waals surface area contributed by atoms with Crippen molar-refractivity contribution in [2.45, 2.75) is 25.0 Å². The lowest BCUT2D eigenvalue weighted by molar-refractivity contribution is -0.133. The van der Waals surface area contributed by atoms with Crippen LogP contribution in [0.25, 0.3) is 0 Å². The van der Waals surface area contributed by atoms with Crippen molar-refractivity contribution in [2.75, 3.05) is 39.0 Å². The van der Waals surface area contributed by atoms with Gasteiger partial charge in [0.05, 0.1) is 12.3 Å². The molecule has 0 aromatic carbocycles. The number of likely N-dealkylation sites (N-methyl/N-ethyl adjacent to an activating group) is 2. The van der Waals surface area contributed by atoms with Crippen molar-refractivity contribution < 1.29 is 9.59 Å². The summed E-state index contributed by atoms with van der Waals surface area (Å²) >= 11 is 1.72. The van der Waals surface area contributed by atoms with Gasteiger partial charge in [-0.3, -0.25) is 9.59 Å². The van der Waals surface area contributed by atoms with Crippen LogP contribution in [0.5, 0.6) is 0 Å². The fourth-order valence-electron chi connectivity index (χ4n) is 1.87. The third kappa shape index (κ3) is 5.27. The van der Waals surface area contributed by atoms with Crippen LogP contribution in [0.15, 0.2) is 0 Å². The summed E-state index contributed by atoms with van der Waals surface area (Å²) in [4.78, 5) is 24.9. The van der Waals surface area contributed by atoms with Crippen molar-refractivity contribution in [3.63, 3.8) is 0 Å². The number of nitrogens with one attached hydrogen (secondary N) is 2. The van der Waals surface area contributed by atoms with E-state index in [-0.39, 0.29) is 18.4 Å². The third-order valence-electron chi connectivity index (χ3n) is 3.08. The monoisotopic (exact) mass is 273 g/mol. The molecule has 2 amide bonds. The van der Waals surface area contributed by atoms with Crippen molar-refractivity contribution in [1.82, 2.24) is 15.5 Å². The zero-order valence-electron chi connectivity index (χ0n) is 11.2. The van der Waals surface area contributed by atoms with Gasteiger partial charge in [0.2, 0.25) is 11.8 Å². The Kier molecular flexibility index (Phi) is 7.12. The number of carbonyl (C=O) groups is 2. The summed E-state index contributed by atoms with van der Waals surface area (Å²) in [6, 6.07) is 0. The van der Waals surface area contributed by atoms with Crippen molar-refractivity contribution in [3.05, 3.63) is 0 Å². The summed E-state index contributed by atoms with van der Waals surface area (Å²) in [5.41, 5.74) is 0. The molecule has 1 aliphatic rings. The molecule has 104 valence electrons. The van der Waals surface area contributed by atoms with Crippen LogP contribution < -0.4 is 10.6 Å². The van der Waals surface area contributed by atoms with Gasteiger partial charge in [0, 0.05) is 18.8 Å². The molecule has 18 heavy (non-hydrogen) atoms. The molecule has 0 aromatic rings. The lowest BCUT2D eigenvalue weighted by Crippen LogP contribution is -2.40. The van der Waals surface area contributed by atoms with E-state index >= 15 is 0 Å². The van der Waals surface area contributed by atoms with E-state index in [2.05, 4.69) is 10.6 Å². The summed E-state index contributed by atoms with van der Waals surface area (Å²) in [5, 5.41) is 6.43. The van der Waals surface area contributed by atoms with E-state index in [1.807, 2.05) is 6.92 Å². The summed E-state index contributed by atoms with van der Waals surface area (Å²) in [5.74, 6) is 0.428. The summed E-state index contributed by atoms with van der Waals surface area (Å²) in [6.45, 7) is 4.73. The lowest BCUT2D eigenvalue weighted by atomic mass is 10.2. The number of rotatable bonds is 6. The number of piperidine rings is 1. The molecule has 0 aliphatic carbocycles. The highest BCUT2D eigenvalue weighted by Gasteiger charge is 2.18. The second kappa shape index (κ2) is 8.37. The van der Waals surface area contributed by atoms with Crippen LogP contribution in [0.1, 0.15) is 19.8 Å². The van der Waals surface area contributed by atoms with Gasteiger partial charge in [-0.15, -0.1) is 11.8 Å². The van der Waals surface area contributed by atoms with Crippen molar-refractivity contribution >= 4 is 23.6 Å². The predicted octanol–water partition coefficient (Wildman–Crippen LogP) is 0.0661. The molecule has 1 aliphatic heterocycles. The molecule has 0 unspecified atom stereocenters. The minimum Gasteiger partial charge on any atom is -0.358 e. The Hall–Kier alpha value is -0.750. The normalized spacial score (nSPS) is 16.3. The van der Waals surface area contributed by atoms with E-state index in [1.165, 1.54) is 0 Å². The van der Waals surface area contributed by atoms with E-state index < -0.39 is 0 Å². The van der Waals surface area contributed by atoms with Gasteiger partial charge in [-0.2, -0.15) is 0 Å². The van der Waals surface area contributed by atoms with Crippen LogP contribution in [0.4, 0.5) is 0 Å². The Labute approximate surface area is 113 Å². The standard InChI is InChI=1S/C12H23N3O2S/c1-3-15(8-11(16)13-2)12(17)9-18-10-4-6-14-7-5-10/h10,14H,3-9H2,1-2H3,(H,13,16). The zero-order valence-corrected chi connectivity index (χ0v) is 12.0. The zero-order chi connectivity index (χ0) is 13.4. The van der Waals surface area contributed by atoms with E-state index in [0.717, 1.165) is 25.9 Å². The van der Waals surface area contributed by atoms with Gasteiger partial charge < -0.3 is 15.5 Å². The van der Waals surface area contributed by atoms with Crippen LogP contribution in [0.2, 0.25) is 0 Å². The maximum Gasteiger partial charge on any atom is 0.239 e. The maximum atomic E-state index is 12.0. The first-order valence-corrected chi connectivity index (χ1v) is 7.53. The molecule has 0 bridgehead atoms. The molecule has 2 N–H and O–H groups in total. The second-order valence-electron chi connectivity index (χ2n) is 4.34. The van der Waals surface area contributed by atoms with Crippen LogP contribution in [-0.2, 0) is 9.59 Å². The number of amides is 2. The van der Waals surface area contributed by atoms with Gasteiger partial charge in [-0.1, -0.05) is 0 Å². The Bertz CT molecular complexity index is 280. The van der Waals surface area contributed by atoms with Gasteiger partial charge in [-0.05, 0) is 32.9 Å². The predicted molar refractivity (Wildman–Crippen MR) is 74.7 cm³/mol. The average molecular weight is 273 g/mol. The largest absolute Gasteiger partial charge is 0.358 e. The van der Waals surface area contributed by atoms with Crippen LogP contribution in [0, 0.1) is 0 Å². The average Bonchev–Trinajstić information content (AvgIpc) is 2.42. The molecule has 1 heterocycles. The number of hydrogen-bond donors (Lipinski definition) is 2. The van der Waals surface area contributed by atoms with Gasteiger partial charge in [0.25, 0.3) is 0 Å². The Morgan fingerprint density at radius 3 is 2.61 bits per heavy atom. The van der Waals surface area contributed by atoms with Crippen molar-refractivity contribution in [2.24, 2.45) is 0 Å². The minimum absolute atomic E-state index is 0.0598. The molecule has 0 aromatic heterocycles. The maximum absolute atomic E-state index is 12.0. The molecule has 0 radical (unpaired) electrons. The quantitative estimate of drug-likeness (QED) is 0.719. The van der Waals surface area contributed by atoms with Crippen LogP contribution in [0.3, 0.4) is 0 Å². The highest BCUT2D eigenvalue weighted by Crippen LogP contribution is 2.20. The first kappa shape index (κ1) is 15.3. The number of nitrogens with zero attached hydrogens (tertiary/aromatic N) is 1. The topological polar surface area (TPSA) is 61.4 Å². The van der Waals surface area contributed by atoms with Crippen molar-refractivity contribution in [3.8, 4) is 0 Å². The molecular formula is C12H23N3O2S. The first-order valence-electron chi connectivity index (χ1n) is 6.48. The molecule has 1 rings (SSSR count). The summed E-state index contributed by atoms with van der Waals surface area (Å²) < 4.78 is 0. The van der Waals surface area contributed by atoms with E-state index in [4.69, 9.17) is 0 Å². The van der Waals surface area contributed by atoms with Gasteiger partial charge in [-0.25, -0.2) is 0 Å². The smallest absolute Gasteiger partial charge is 0.239 e. The van der Waals surface area contributed by atoms with Crippen LogP contribution >= 0.6 is 11.8 Å². The lowest BCUT2D eigenvalue weighted by Gasteiger charge is -2.24. The highest BCUT2D eigenvalue weighted by molar-refractivity contribution is 8.00. The molecule has 1 fully saturated rings. The molecular weight excluding hydrogens is 250 g/mol. The van der Waals surface area contributed by atoms with E-state index in [1.54, 1.807) is 23.7 Å². The molecule has 0 saturated carbocycles. The molecule has 6 heteroatoms. The molecule has 0 atom stereocenters.